The van der Waals surface area contributed by atoms with E-state index in [-0.39, 0.29) is 11.9 Å². The van der Waals surface area contributed by atoms with E-state index in [1.165, 1.54) is 0 Å². The zero-order valence-corrected chi connectivity index (χ0v) is 11.9. The van der Waals surface area contributed by atoms with Gasteiger partial charge in [-0.25, -0.2) is 9.97 Å². The molecule has 3 N–H and O–H groups in total. The number of carbonyl (C=O) groups is 1. The first-order valence-corrected chi connectivity index (χ1v) is 6.88. The van der Waals surface area contributed by atoms with Crippen molar-refractivity contribution in [1.82, 2.24) is 15.3 Å². The molecule has 0 aliphatic carbocycles. The maximum atomic E-state index is 11.1. The fourth-order valence-electron chi connectivity index (χ4n) is 2.03. The van der Waals surface area contributed by atoms with Gasteiger partial charge in [0.2, 0.25) is 5.91 Å². The van der Waals surface area contributed by atoms with Crippen LogP contribution in [0.5, 0.6) is 0 Å². The quantitative estimate of drug-likeness (QED) is 0.682. The topological polar surface area (TPSA) is 88.2 Å². The third kappa shape index (κ3) is 4.06. The lowest BCUT2D eigenvalue weighted by molar-refractivity contribution is -0.119. The highest BCUT2D eigenvalue weighted by Crippen LogP contribution is 2.13. The van der Waals surface area contributed by atoms with E-state index in [1.54, 1.807) is 0 Å². The molecule has 110 valence electrons. The van der Waals surface area contributed by atoms with E-state index in [0.717, 1.165) is 18.1 Å². The van der Waals surface area contributed by atoms with Gasteiger partial charge >= 0.3 is 0 Å². The standard InChI is InChI=1S/C13H21N5O2/c1-3-20-8-12-17-10(14-2)6-11(18-12)15-7-9-4-5-13(19)16-9/h6,9H,3-5,7-8H2,1-2H3,(H,16,19)(H2,14,15,17,18). The van der Waals surface area contributed by atoms with Gasteiger partial charge in [-0.05, 0) is 13.3 Å². The van der Waals surface area contributed by atoms with Gasteiger partial charge in [-0.2, -0.15) is 0 Å². The van der Waals surface area contributed by atoms with Crippen LogP contribution >= 0.6 is 0 Å². The molecule has 1 atom stereocenters. The number of nitrogens with zero attached hydrogens (tertiary/aromatic N) is 2. The summed E-state index contributed by atoms with van der Waals surface area (Å²) in [5.41, 5.74) is 0. The normalized spacial score (nSPS) is 17.9. The van der Waals surface area contributed by atoms with Crippen molar-refractivity contribution in [3.8, 4) is 0 Å². The average Bonchev–Trinajstić information content (AvgIpc) is 2.88. The molecule has 1 amide bonds. The number of hydrogen-bond donors (Lipinski definition) is 3. The second-order valence-corrected chi connectivity index (χ2v) is 4.63. The smallest absolute Gasteiger partial charge is 0.220 e. The predicted octanol–water partition coefficient (Wildman–Crippen LogP) is 0.745. The van der Waals surface area contributed by atoms with Crippen LogP contribution in [0.2, 0.25) is 0 Å². The Morgan fingerprint density at radius 3 is 2.90 bits per heavy atom. The Morgan fingerprint density at radius 2 is 2.25 bits per heavy atom. The van der Waals surface area contributed by atoms with Crippen LogP contribution in [0.25, 0.3) is 0 Å². The van der Waals surface area contributed by atoms with Crippen molar-refractivity contribution >= 4 is 17.5 Å². The van der Waals surface area contributed by atoms with Gasteiger partial charge in [-0.15, -0.1) is 0 Å². The lowest BCUT2D eigenvalue weighted by atomic mass is 10.2. The van der Waals surface area contributed by atoms with Crippen molar-refractivity contribution in [3.05, 3.63) is 11.9 Å². The van der Waals surface area contributed by atoms with Gasteiger partial charge < -0.3 is 20.7 Å². The summed E-state index contributed by atoms with van der Waals surface area (Å²) in [5.74, 6) is 2.23. The Hall–Kier alpha value is -1.89. The summed E-state index contributed by atoms with van der Waals surface area (Å²) < 4.78 is 5.33. The van der Waals surface area contributed by atoms with E-state index in [9.17, 15) is 4.79 Å². The van der Waals surface area contributed by atoms with Gasteiger partial charge in [-0.1, -0.05) is 0 Å². The third-order valence-corrected chi connectivity index (χ3v) is 3.08. The van der Waals surface area contributed by atoms with E-state index in [1.807, 2.05) is 20.0 Å². The minimum Gasteiger partial charge on any atom is -0.374 e. The molecule has 2 rings (SSSR count). The maximum absolute atomic E-state index is 11.1. The Labute approximate surface area is 118 Å². The molecule has 1 aliphatic rings. The van der Waals surface area contributed by atoms with Crippen molar-refractivity contribution < 1.29 is 9.53 Å². The Bertz CT molecular complexity index is 466. The molecule has 1 unspecified atom stereocenters. The SMILES string of the molecule is CCOCc1nc(NC)cc(NCC2CCC(=O)N2)n1. The predicted molar refractivity (Wildman–Crippen MR) is 76.6 cm³/mol. The second-order valence-electron chi connectivity index (χ2n) is 4.63. The van der Waals surface area contributed by atoms with Gasteiger partial charge in [0.05, 0.1) is 0 Å². The Morgan fingerprint density at radius 1 is 1.45 bits per heavy atom. The molecule has 0 spiro atoms. The van der Waals surface area contributed by atoms with Gasteiger partial charge in [0.1, 0.15) is 18.2 Å². The molecule has 0 saturated carbocycles. The second kappa shape index (κ2) is 7.04. The van der Waals surface area contributed by atoms with Crippen LogP contribution in [-0.4, -0.2) is 42.1 Å². The monoisotopic (exact) mass is 279 g/mol. The molecule has 1 fully saturated rings. The fourth-order valence-corrected chi connectivity index (χ4v) is 2.03. The zero-order valence-electron chi connectivity index (χ0n) is 11.9. The number of ether oxygens (including phenoxy) is 1. The lowest BCUT2D eigenvalue weighted by Gasteiger charge is -2.13. The summed E-state index contributed by atoms with van der Waals surface area (Å²) in [6, 6.07) is 2.01. The van der Waals surface area contributed by atoms with Gasteiger partial charge in [-0.3, -0.25) is 4.79 Å². The maximum Gasteiger partial charge on any atom is 0.220 e. The fraction of sp³-hybridized carbons (Fsp3) is 0.615. The number of carbonyl (C=O) groups excluding carboxylic acids is 1. The molecule has 2 heterocycles. The van der Waals surface area contributed by atoms with E-state index < -0.39 is 0 Å². The van der Waals surface area contributed by atoms with Crippen LogP contribution in [0.1, 0.15) is 25.6 Å². The van der Waals surface area contributed by atoms with E-state index in [4.69, 9.17) is 4.74 Å². The van der Waals surface area contributed by atoms with Crippen LogP contribution in [0, 0.1) is 0 Å². The average molecular weight is 279 g/mol. The van der Waals surface area contributed by atoms with Crippen molar-refractivity contribution in [2.45, 2.75) is 32.4 Å². The molecule has 1 aromatic heterocycles. The molecule has 0 bridgehead atoms. The number of nitrogens with one attached hydrogen (secondary N) is 3. The first-order chi connectivity index (χ1) is 9.71. The van der Waals surface area contributed by atoms with Crippen molar-refractivity contribution in [1.29, 1.82) is 0 Å². The number of rotatable bonds is 7. The minimum atomic E-state index is 0.118. The minimum absolute atomic E-state index is 0.118. The first kappa shape index (κ1) is 14.5. The van der Waals surface area contributed by atoms with Crippen LogP contribution in [-0.2, 0) is 16.1 Å². The zero-order chi connectivity index (χ0) is 14.4. The van der Waals surface area contributed by atoms with Crippen LogP contribution in [0.4, 0.5) is 11.6 Å². The molecule has 1 saturated heterocycles. The summed E-state index contributed by atoms with van der Waals surface area (Å²) in [6.45, 7) is 3.62. The Balaban J connectivity index is 1.96. The van der Waals surface area contributed by atoms with Gasteiger partial charge in [0, 0.05) is 38.7 Å². The van der Waals surface area contributed by atoms with Crippen LogP contribution in [0.3, 0.4) is 0 Å². The largest absolute Gasteiger partial charge is 0.374 e. The molecular formula is C13H21N5O2. The highest BCUT2D eigenvalue weighted by molar-refractivity contribution is 5.78. The highest BCUT2D eigenvalue weighted by atomic mass is 16.5. The number of anilines is 2. The first-order valence-electron chi connectivity index (χ1n) is 6.88. The number of aromatic nitrogens is 2. The van der Waals surface area contributed by atoms with E-state index in [0.29, 0.717) is 32.0 Å². The molecule has 7 nitrogen and oxygen atoms in total. The lowest BCUT2D eigenvalue weighted by Crippen LogP contribution is -2.32. The van der Waals surface area contributed by atoms with Gasteiger partial charge in [0.15, 0.2) is 5.82 Å². The molecule has 1 aliphatic heterocycles. The molecule has 0 aromatic carbocycles. The molecule has 7 heteroatoms. The van der Waals surface area contributed by atoms with E-state index in [2.05, 4.69) is 25.9 Å². The van der Waals surface area contributed by atoms with Crippen LogP contribution < -0.4 is 16.0 Å². The highest BCUT2D eigenvalue weighted by Gasteiger charge is 2.20. The van der Waals surface area contributed by atoms with E-state index >= 15 is 0 Å². The van der Waals surface area contributed by atoms with Crippen molar-refractivity contribution in [2.24, 2.45) is 0 Å². The molecule has 0 radical (unpaired) electrons. The van der Waals surface area contributed by atoms with Gasteiger partial charge in [0.25, 0.3) is 0 Å². The molecule has 1 aromatic rings. The number of amides is 1. The third-order valence-electron chi connectivity index (χ3n) is 3.08. The summed E-state index contributed by atoms with van der Waals surface area (Å²) in [4.78, 5) is 19.9. The molecule has 20 heavy (non-hydrogen) atoms. The van der Waals surface area contributed by atoms with Crippen LogP contribution in [0.15, 0.2) is 6.07 Å². The van der Waals surface area contributed by atoms with Crippen molar-refractivity contribution in [3.63, 3.8) is 0 Å². The Kier molecular flexibility index (Phi) is 5.11. The summed E-state index contributed by atoms with van der Waals surface area (Å²) in [5, 5.41) is 9.16. The summed E-state index contributed by atoms with van der Waals surface area (Å²) in [6.07, 6.45) is 1.47. The van der Waals surface area contributed by atoms with Crippen molar-refractivity contribution in [2.75, 3.05) is 30.8 Å². The summed E-state index contributed by atoms with van der Waals surface area (Å²) in [7, 11) is 1.81. The number of hydrogen-bond acceptors (Lipinski definition) is 6. The summed E-state index contributed by atoms with van der Waals surface area (Å²) >= 11 is 0. The molecular weight excluding hydrogens is 258 g/mol.